The SMILES string of the molecule is Cc1cccc(C2N(Cc3ccccc3F)CCCN2Cc2ccccc2Cl)c1. The molecule has 0 aromatic heterocycles. The van der Waals surface area contributed by atoms with Gasteiger partial charge in [-0.3, -0.25) is 9.80 Å². The van der Waals surface area contributed by atoms with Crippen molar-refractivity contribution in [2.75, 3.05) is 13.1 Å². The predicted molar refractivity (Wildman–Crippen MR) is 117 cm³/mol. The lowest BCUT2D eigenvalue weighted by molar-refractivity contribution is -0.00965. The Bertz CT molecular complexity index is 919. The highest BCUT2D eigenvalue weighted by atomic mass is 35.5. The van der Waals surface area contributed by atoms with Crippen molar-refractivity contribution < 1.29 is 4.39 Å². The molecule has 1 atom stereocenters. The molecule has 0 spiro atoms. The normalized spacial score (nSPS) is 18.1. The lowest BCUT2D eigenvalue weighted by Crippen LogP contribution is -2.47. The second-order valence-electron chi connectivity index (χ2n) is 7.77. The molecule has 1 heterocycles. The zero-order chi connectivity index (χ0) is 20.2. The van der Waals surface area contributed by atoms with Crippen LogP contribution in [0.2, 0.25) is 5.02 Å². The highest BCUT2D eigenvalue weighted by molar-refractivity contribution is 6.31. The van der Waals surface area contributed by atoms with Crippen LogP contribution in [0.1, 0.15) is 34.8 Å². The van der Waals surface area contributed by atoms with Crippen molar-refractivity contribution in [3.8, 4) is 0 Å². The first-order chi connectivity index (χ1) is 14.1. The van der Waals surface area contributed by atoms with Crippen LogP contribution in [0.25, 0.3) is 0 Å². The topological polar surface area (TPSA) is 6.48 Å². The lowest BCUT2D eigenvalue weighted by Gasteiger charge is -2.44. The van der Waals surface area contributed by atoms with Gasteiger partial charge in [-0.15, -0.1) is 0 Å². The quantitative estimate of drug-likeness (QED) is 0.496. The van der Waals surface area contributed by atoms with Gasteiger partial charge in [-0.1, -0.05) is 77.8 Å². The largest absolute Gasteiger partial charge is 0.280 e. The van der Waals surface area contributed by atoms with E-state index in [0.717, 1.165) is 42.2 Å². The van der Waals surface area contributed by atoms with Crippen LogP contribution in [0.15, 0.2) is 72.8 Å². The summed E-state index contributed by atoms with van der Waals surface area (Å²) in [5.41, 5.74) is 4.34. The molecule has 0 radical (unpaired) electrons. The molecule has 2 nitrogen and oxygen atoms in total. The summed E-state index contributed by atoms with van der Waals surface area (Å²) >= 11 is 6.46. The van der Waals surface area contributed by atoms with E-state index in [1.165, 1.54) is 11.1 Å². The highest BCUT2D eigenvalue weighted by Gasteiger charge is 2.31. The van der Waals surface area contributed by atoms with Gasteiger partial charge in [0.2, 0.25) is 0 Å². The molecule has 150 valence electrons. The average molecular weight is 409 g/mol. The van der Waals surface area contributed by atoms with Crippen LogP contribution in [0.5, 0.6) is 0 Å². The van der Waals surface area contributed by atoms with Gasteiger partial charge in [-0.25, -0.2) is 4.39 Å². The summed E-state index contributed by atoms with van der Waals surface area (Å²) < 4.78 is 14.4. The second kappa shape index (κ2) is 9.08. The van der Waals surface area contributed by atoms with Gasteiger partial charge in [0.1, 0.15) is 5.82 Å². The number of aryl methyl sites for hydroxylation is 1. The van der Waals surface area contributed by atoms with Crippen LogP contribution >= 0.6 is 11.6 Å². The third-order valence-electron chi connectivity index (χ3n) is 5.59. The smallest absolute Gasteiger partial charge is 0.127 e. The molecule has 1 unspecified atom stereocenters. The summed E-state index contributed by atoms with van der Waals surface area (Å²) in [6.07, 6.45) is 1.13. The maximum Gasteiger partial charge on any atom is 0.127 e. The molecule has 0 aliphatic carbocycles. The van der Waals surface area contributed by atoms with E-state index in [2.05, 4.69) is 47.1 Å². The maximum atomic E-state index is 14.4. The first kappa shape index (κ1) is 20.1. The number of hydrogen-bond acceptors (Lipinski definition) is 2. The Morgan fingerprint density at radius 1 is 0.862 bits per heavy atom. The first-order valence-electron chi connectivity index (χ1n) is 10.1. The standard InChI is InChI=1S/C25H26ClFN2/c1-19-8-6-11-20(16-19)25-28(17-21-9-2-4-12-23(21)26)14-7-15-29(25)18-22-10-3-5-13-24(22)27/h2-6,8-13,16,25H,7,14-15,17-18H2,1H3. The van der Waals surface area contributed by atoms with E-state index < -0.39 is 0 Å². The molecule has 1 fully saturated rings. The van der Waals surface area contributed by atoms with Gasteiger partial charge in [-0.05, 0) is 36.6 Å². The van der Waals surface area contributed by atoms with E-state index in [-0.39, 0.29) is 12.0 Å². The van der Waals surface area contributed by atoms with Crippen molar-refractivity contribution in [2.45, 2.75) is 32.6 Å². The number of nitrogens with zero attached hydrogens (tertiary/aromatic N) is 2. The van der Waals surface area contributed by atoms with Crippen molar-refractivity contribution in [3.05, 3.63) is 106 Å². The minimum absolute atomic E-state index is 0.0829. The second-order valence-corrected chi connectivity index (χ2v) is 8.17. The molecule has 3 aromatic rings. The van der Waals surface area contributed by atoms with Gasteiger partial charge in [0.05, 0.1) is 6.17 Å². The molecule has 4 heteroatoms. The molecular formula is C25H26ClFN2. The van der Waals surface area contributed by atoms with E-state index in [1.54, 1.807) is 12.1 Å². The van der Waals surface area contributed by atoms with E-state index in [1.807, 2.05) is 30.3 Å². The molecule has 4 rings (SSSR count). The fourth-order valence-electron chi connectivity index (χ4n) is 4.23. The fraction of sp³-hybridized carbons (Fsp3) is 0.280. The number of rotatable bonds is 5. The Morgan fingerprint density at radius 3 is 2.21 bits per heavy atom. The fourth-order valence-corrected chi connectivity index (χ4v) is 4.42. The summed E-state index contributed by atoms with van der Waals surface area (Å²) in [6, 6.07) is 23.8. The minimum atomic E-state index is -0.140. The zero-order valence-corrected chi connectivity index (χ0v) is 17.4. The van der Waals surface area contributed by atoms with Crippen LogP contribution < -0.4 is 0 Å². The Morgan fingerprint density at radius 2 is 1.52 bits per heavy atom. The molecular weight excluding hydrogens is 383 g/mol. The van der Waals surface area contributed by atoms with E-state index >= 15 is 0 Å². The number of halogens is 2. The van der Waals surface area contributed by atoms with E-state index in [9.17, 15) is 4.39 Å². The summed E-state index contributed by atoms with van der Waals surface area (Å²) in [7, 11) is 0. The van der Waals surface area contributed by atoms with Crippen molar-refractivity contribution in [1.82, 2.24) is 9.80 Å². The molecule has 0 bridgehead atoms. The maximum absolute atomic E-state index is 14.4. The monoisotopic (exact) mass is 408 g/mol. The van der Waals surface area contributed by atoms with Gasteiger partial charge in [0.25, 0.3) is 0 Å². The first-order valence-corrected chi connectivity index (χ1v) is 10.5. The van der Waals surface area contributed by atoms with Gasteiger partial charge in [0.15, 0.2) is 0 Å². The Labute approximate surface area is 177 Å². The highest BCUT2D eigenvalue weighted by Crippen LogP contribution is 2.33. The summed E-state index contributed by atoms with van der Waals surface area (Å²) in [4.78, 5) is 4.84. The predicted octanol–water partition coefficient (Wildman–Crippen LogP) is 6.19. The summed E-state index contributed by atoms with van der Waals surface area (Å²) in [5.74, 6) is -0.140. The van der Waals surface area contributed by atoms with Crippen LogP contribution in [-0.2, 0) is 13.1 Å². The Hall–Kier alpha value is -2.20. The molecule has 0 amide bonds. The molecule has 3 aromatic carbocycles. The molecule has 1 aliphatic heterocycles. The Kier molecular flexibility index (Phi) is 6.29. The van der Waals surface area contributed by atoms with Gasteiger partial charge in [-0.2, -0.15) is 0 Å². The third kappa shape index (κ3) is 4.69. The van der Waals surface area contributed by atoms with Crippen molar-refractivity contribution >= 4 is 11.6 Å². The Balaban J connectivity index is 1.68. The van der Waals surface area contributed by atoms with Crippen LogP contribution in [0, 0.1) is 12.7 Å². The average Bonchev–Trinajstić information content (AvgIpc) is 2.72. The molecule has 29 heavy (non-hydrogen) atoms. The molecule has 0 N–H and O–H groups in total. The van der Waals surface area contributed by atoms with E-state index in [4.69, 9.17) is 11.6 Å². The van der Waals surface area contributed by atoms with Crippen LogP contribution in [0.4, 0.5) is 4.39 Å². The van der Waals surface area contributed by atoms with Crippen molar-refractivity contribution in [2.24, 2.45) is 0 Å². The van der Waals surface area contributed by atoms with Gasteiger partial charge < -0.3 is 0 Å². The van der Waals surface area contributed by atoms with Crippen LogP contribution in [-0.4, -0.2) is 22.9 Å². The van der Waals surface area contributed by atoms with E-state index in [0.29, 0.717) is 6.54 Å². The van der Waals surface area contributed by atoms with Gasteiger partial charge >= 0.3 is 0 Å². The molecule has 1 saturated heterocycles. The number of hydrogen-bond donors (Lipinski definition) is 0. The van der Waals surface area contributed by atoms with Crippen molar-refractivity contribution in [1.29, 1.82) is 0 Å². The minimum Gasteiger partial charge on any atom is -0.280 e. The number of benzene rings is 3. The van der Waals surface area contributed by atoms with Gasteiger partial charge in [0, 0.05) is 36.8 Å². The summed E-state index contributed by atoms with van der Waals surface area (Å²) in [5, 5.41) is 0.793. The zero-order valence-electron chi connectivity index (χ0n) is 16.7. The van der Waals surface area contributed by atoms with Crippen LogP contribution in [0.3, 0.4) is 0 Å². The lowest BCUT2D eigenvalue weighted by atomic mass is 10.0. The summed E-state index contributed by atoms with van der Waals surface area (Å²) in [6.45, 7) is 5.39. The van der Waals surface area contributed by atoms with Crippen molar-refractivity contribution in [3.63, 3.8) is 0 Å². The third-order valence-corrected chi connectivity index (χ3v) is 5.95. The molecule has 1 aliphatic rings. The molecule has 0 saturated carbocycles.